The molecule has 0 aromatic heterocycles. The monoisotopic (exact) mass is 310 g/mol. The molecule has 2 aliphatic rings. The molecular weight excluding hydrogens is 288 g/mol. The van der Waals surface area contributed by atoms with Gasteiger partial charge in [-0.1, -0.05) is 6.07 Å². The summed E-state index contributed by atoms with van der Waals surface area (Å²) in [4.78, 5) is 0.298. The van der Waals surface area contributed by atoms with E-state index in [9.17, 15) is 8.42 Å². The van der Waals surface area contributed by atoms with Gasteiger partial charge < -0.3 is 10.5 Å². The van der Waals surface area contributed by atoms with E-state index in [0.29, 0.717) is 11.5 Å². The summed E-state index contributed by atoms with van der Waals surface area (Å²) in [6.07, 6.45) is 1.95. The van der Waals surface area contributed by atoms with Gasteiger partial charge in [0.2, 0.25) is 10.0 Å². The Hall–Kier alpha value is -0.950. The Bertz CT molecular complexity index is 624. The van der Waals surface area contributed by atoms with Crippen LogP contribution in [0.25, 0.3) is 0 Å². The predicted octanol–water partition coefficient (Wildman–Crippen LogP) is 1.09. The number of sulfonamides is 1. The maximum absolute atomic E-state index is 12.5. The van der Waals surface area contributed by atoms with E-state index in [1.54, 1.807) is 12.1 Å². The van der Waals surface area contributed by atoms with Crippen molar-refractivity contribution in [1.29, 1.82) is 0 Å². The molecule has 5 nitrogen and oxygen atoms in total. The molecule has 0 bridgehead atoms. The van der Waals surface area contributed by atoms with Gasteiger partial charge in [0.05, 0.1) is 17.0 Å². The predicted molar refractivity (Wildman–Crippen MR) is 80.5 cm³/mol. The SMILES string of the molecule is Cc1cc(C)cc(S(=O)(=O)NC2C(N)C3CCCOC32)c1. The third-order valence-corrected chi connectivity index (χ3v) is 5.91. The zero-order valence-electron chi connectivity index (χ0n) is 12.4. The van der Waals surface area contributed by atoms with Crippen LogP contribution in [-0.2, 0) is 14.8 Å². The standard InChI is InChI=1S/C15H22N2O3S/c1-9-6-10(2)8-11(7-9)21(18,19)17-14-13(16)12-4-3-5-20-15(12)14/h6-8,12-15,17H,3-5,16H2,1-2H3. The van der Waals surface area contributed by atoms with E-state index in [0.717, 1.165) is 24.0 Å². The second kappa shape index (κ2) is 5.35. The first-order valence-corrected chi connectivity index (χ1v) is 8.84. The van der Waals surface area contributed by atoms with Gasteiger partial charge in [-0.15, -0.1) is 0 Å². The highest BCUT2D eigenvalue weighted by molar-refractivity contribution is 7.89. The molecule has 0 spiro atoms. The molecule has 1 saturated heterocycles. The summed E-state index contributed by atoms with van der Waals surface area (Å²) in [5.41, 5.74) is 7.98. The van der Waals surface area contributed by atoms with Gasteiger partial charge in [-0.2, -0.15) is 0 Å². The minimum Gasteiger partial charge on any atom is -0.376 e. The van der Waals surface area contributed by atoms with Gasteiger partial charge >= 0.3 is 0 Å². The highest BCUT2D eigenvalue weighted by Gasteiger charge is 2.51. The van der Waals surface area contributed by atoms with Crippen molar-refractivity contribution in [2.75, 3.05) is 6.61 Å². The van der Waals surface area contributed by atoms with E-state index in [2.05, 4.69) is 4.72 Å². The molecule has 2 fully saturated rings. The molecule has 1 aromatic rings. The van der Waals surface area contributed by atoms with Crippen LogP contribution in [0.1, 0.15) is 24.0 Å². The Morgan fingerprint density at radius 2 is 1.90 bits per heavy atom. The van der Waals surface area contributed by atoms with Gasteiger partial charge in [0.1, 0.15) is 0 Å². The first-order chi connectivity index (χ1) is 9.88. The minimum atomic E-state index is -3.56. The molecule has 1 aromatic carbocycles. The zero-order chi connectivity index (χ0) is 15.2. The summed E-state index contributed by atoms with van der Waals surface area (Å²) in [7, 11) is -3.56. The fourth-order valence-electron chi connectivity index (χ4n) is 3.43. The summed E-state index contributed by atoms with van der Waals surface area (Å²) < 4.78 is 33.5. The number of hydrogen-bond donors (Lipinski definition) is 2. The van der Waals surface area contributed by atoms with Crippen molar-refractivity contribution >= 4 is 10.0 Å². The van der Waals surface area contributed by atoms with E-state index in [4.69, 9.17) is 10.5 Å². The van der Waals surface area contributed by atoms with Crippen LogP contribution < -0.4 is 10.5 Å². The molecule has 1 aliphatic heterocycles. The average Bonchev–Trinajstić information content (AvgIpc) is 2.43. The largest absolute Gasteiger partial charge is 0.376 e. The highest BCUT2D eigenvalue weighted by atomic mass is 32.2. The van der Waals surface area contributed by atoms with Crippen molar-refractivity contribution in [3.8, 4) is 0 Å². The van der Waals surface area contributed by atoms with Gasteiger partial charge in [-0.05, 0) is 49.9 Å². The number of nitrogens with one attached hydrogen (secondary N) is 1. The van der Waals surface area contributed by atoms with Crippen LogP contribution in [0.15, 0.2) is 23.1 Å². The molecule has 0 amide bonds. The van der Waals surface area contributed by atoms with Crippen LogP contribution in [0.2, 0.25) is 0 Å². The smallest absolute Gasteiger partial charge is 0.240 e. The molecule has 21 heavy (non-hydrogen) atoms. The van der Waals surface area contributed by atoms with Gasteiger partial charge in [0.15, 0.2) is 0 Å². The number of benzene rings is 1. The van der Waals surface area contributed by atoms with E-state index in [1.165, 1.54) is 0 Å². The van der Waals surface area contributed by atoms with Crippen molar-refractivity contribution in [2.24, 2.45) is 11.7 Å². The lowest BCUT2D eigenvalue weighted by Gasteiger charge is -2.52. The maximum Gasteiger partial charge on any atom is 0.240 e. The van der Waals surface area contributed by atoms with E-state index in [-0.39, 0.29) is 24.1 Å². The number of rotatable bonds is 3. The number of aryl methyl sites for hydroxylation is 2. The fourth-order valence-corrected chi connectivity index (χ4v) is 4.90. The molecule has 4 atom stereocenters. The van der Waals surface area contributed by atoms with E-state index in [1.807, 2.05) is 19.9 Å². The topological polar surface area (TPSA) is 81.4 Å². The summed E-state index contributed by atoms with van der Waals surface area (Å²) in [5, 5.41) is 0. The van der Waals surface area contributed by atoms with Crippen molar-refractivity contribution in [2.45, 2.75) is 49.8 Å². The summed E-state index contributed by atoms with van der Waals surface area (Å²) in [6.45, 7) is 4.47. The van der Waals surface area contributed by atoms with Crippen LogP contribution in [0.5, 0.6) is 0 Å². The normalized spacial score (nSPS) is 32.3. The van der Waals surface area contributed by atoms with Crippen LogP contribution in [0.4, 0.5) is 0 Å². The third kappa shape index (κ3) is 2.73. The summed E-state index contributed by atoms with van der Waals surface area (Å²) in [6, 6.07) is 4.84. The number of nitrogens with two attached hydrogens (primary N) is 1. The first kappa shape index (κ1) is 15.0. The quantitative estimate of drug-likeness (QED) is 0.875. The zero-order valence-corrected chi connectivity index (χ0v) is 13.2. The molecule has 1 saturated carbocycles. The molecular formula is C15H22N2O3S. The van der Waals surface area contributed by atoms with Crippen molar-refractivity contribution in [1.82, 2.24) is 4.72 Å². The molecule has 4 unspecified atom stereocenters. The number of ether oxygens (including phenoxy) is 1. The Kier molecular flexibility index (Phi) is 3.81. The second-order valence-corrected chi connectivity index (χ2v) is 7.90. The Morgan fingerprint density at radius 3 is 2.57 bits per heavy atom. The summed E-state index contributed by atoms with van der Waals surface area (Å²) >= 11 is 0. The average molecular weight is 310 g/mol. The molecule has 3 N–H and O–H groups in total. The molecule has 6 heteroatoms. The lowest BCUT2D eigenvalue weighted by molar-refractivity contribution is -0.114. The second-order valence-electron chi connectivity index (χ2n) is 6.19. The van der Waals surface area contributed by atoms with Crippen LogP contribution in [0.3, 0.4) is 0 Å². The van der Waals surface area contributed by atoms with Crippen LogP contribution >= 0.6 is 0 Å². The molecule has 1 heterocycles. The molecule has 1 aliphatic carbocycles. The fraction of sp³-hybridized carbons (Fsp3) is 0.600. The van der Waals surface area contributed by atoms with Gasteiger partial charge in [0, 0.05) is 18.6 Å². The molecule has 3 rings (SSSR count). The van der Waals surface area contributed by atoms with Gasteiger partial charge in [0.25, 0.3) is 0 Å². The molecule has 0 radical (unpaired) electrons. The maximum atomic E-state index is 12.5. The van der Waals surface area contributed by atoms with Crippen molar-refractivity contribution < 1.29 is 13.2 Å². The van der Waals surface area contributed by atoms with Crippen molar-refractivity contribution in [3.05, 3.63) is 29.3 Å². The van der Waals surface area contributed by atoms with Crippen molar-refractivity contribution in [3.63, 3.8) is 0 Å². The highest BCUT2D eigenvalue weighted by Crippen LogP contribution is 2.37. The van der Waals surface area contributed by atoms with Gasteiger partial charge in [-0.25, -0.2) is 13.1 Å². The number of hydrogen-bond acceptors (Lipinski definition) is 4. The lowest BCUT2D eigenvalue weighted by Crippen LogP contribution is -2.71. The Balaban J connectivity index is 1.80. The van der Waals surface area contributed by atoms with Crippen LogP contribution in [-0.4, -0.2) is 33.2 Å². The van der Waals surface area contributed by atoms with Crippen LogP contribution in [0, 0.1) is 19.8 Å². The Labute approximate surface area is 125 Å². The summed E-state index contributed by atoms with van der Waals surface area (Å²) in [5.74, 6) is 0.283. The molecule has 116 valence electrons. The lowest BCUT2D eigenvalue weighted by atomic mass is 9.69. The minimum absolute atomic E-state index is 0.0746. The number of fused-ring (bicyclic) bond motifs is 1. The van der Waals surface area contributed by atoms with E-state index < -0.39 is 10.0 Å². The first-order valence-electron chi connectivity index (χ1n) is 7.36. The van der Waals surface area contributed by atoms with E-state index >= 15 is 0 Å². The Morgan fingerprint density at radius 1 is 1.24 bits per heavy atom. The third-order valence-electron chi connectivity index (χ3n) is 4.47. The van der Waals surface area contributed by atoms with Gasteiger partial charge in [-0.3, -0.25) is 0 Å².